The Morgan fingerprint density at radius 2 is 1.67 bits per heavy atom. The van der Waals surface area contributed by atoms with Crippen molar-refractivity contribution in [2.75, 3.05) is 19.8 Å². The Kier molecular flexibility index (Phi) is 11.7. The van der Waals surface area contributed by atoms with E-state index in [1.807, 2.05) is 20.8 Å². The molecule has 0 aromatic carbocycles. The van der Waals surface area contributed by atoms with Gasteiger partial charge in [0, 0.05) is 26.2 Å². The summed E-state index contributed by atoms with van der Waals surface area (Å²) in [6.07, 6.45) is 4.45. The van der Waals surface area contributed by atoms with Crippen LogP contribution in [0.2, 0.25) is 0 Å². The summed E-state index contributed by atoms with van der Waals surface area (Å²) in [6, 6.07) is 0. The van der Waals surface area contributed by atoms with E-state index in [9.17, 15) is 9.90 Å². The van der Waals surface area contributed by atoms with Gasteiger partial charge < -0.3 is 18.4 Å². The van der Waals surface area contributed by atoms with Gasteiger partial charge in [-0.25, -0.2) is 0 Å². The molecule has 5 nitrogen and oxygen atoms in total. The maximum atomic E-state index is 11.2. The normalized spacial score (nSPS) is 13.1. The van der Waals surface area contributed by atoms with Crippen molar-refractivity contribution in [1.82, 2.24) is 0 Å². The van der Waals surface area contributed by atoms with Crippen molar-refractivity contribution in [1.29, 1.82) is 0 Å². The molecule has 0 aliphatic carbocycles. The second kappa shape index (κ2) is 12.1. The Hall–Kier alpha value is -0.533. The maximum Gasteiger partial charge on any atom is 0.531 e. The third-order valence-corrected chi connectivity index (χ3v) is 5.95. The van der Waals surface area contributed by atoms with E-state index in [2.05, 4.69) is 6.58 Å². The summed E-state index contributed by atoms with van der Waals surface area (Å²) in [4.78, 5) is 11.2. The summed E-state index contributed by atoms with van der Waals surface area (Å²) in [5.41, 5.74) is -0.731. The number of rotatable bonds is 14. The smallest absolute Gasteiger partial charge is 0.389 e. The topological polar surface area (TPSA) is 65.0 Å². The van der Waals surface area contributed by atoms with Crippen LogP contribution in [0, 0.1) is 0 Å². The predicted octanol–water partition coefficient (Wildman–Crippen LogP) is 2.64. The van der Waals surface area contributed by atoms with E-state index in [-0.39, 0.29) is 5.78 Å². The number of ketones is 1. The van der Waals surface area contributed by atoms with Gasteiger partial charge in [-0.3, -0.25) is 4.79 Å². The van der Waals surface area contributed by atoms with E-state index >= 15 is 0 Å². The number of aliphatic hydroxyl groups is 1. The molecule has 0 radical (unpaired) electrons. The van der Waals surface area contributed by atoms with Crippen molar-refractivity contribution in [3.63, 3.8) is 0 Å². The maximum absolute atomic E-state index is 11.2. The summed E-state index contributed by atoms with van der Waals surface area (Å²) >= 11 is 0. The van der Waals surface area contributed by atoms with Crippen molar-refractivity contribution in [2.45, 2.75) is 58.6 Å². The Balaban J connectivity index is 4.63. The van der Waals surface area contributed by atoms with Gasteiger partial charge in [-0.1, -0.05) is 27.4 Å². The first kappa shape index (κ1) is 20.5. The molecular formula is C15H30O5Si. The van der Waals surface area contributed by atoms with Crippen LogP contribution in [0.5, 0.6) is 0 Å². The summed E-state index contributed by atoms with van der Waals surface area (Å²) in [7, 11) is -3.10. The molecule has 0 saturated heterocycles. The highest BCUT2D eigenvalue weighted by Gasteiger charge is 2.48. The lowest BCUT2D eigenvalue weighted by molar-refractivity contribution is -0.114. The van der Waals surface area contributed by atoms with Gasteiger partial charge in [0.1, 0.15) is 5.73 Å². The Bertz CT molecular complexity index is 288. The quantitative estimate of drug-likeness (QED) is 0.303. The van der Waals surface area contributed by atoms with E-state index in [4.69, 9.17) is 13.3 Å². The minimum Gasteiger partial charge on any atom is -0.389 e. The molecule has 0 aromatic heterocycles. The molecule has 0 aliphatic rings. The third kappa shape index (κ3) is 7.87. The van der Waals surface area contributed by atoms with Gasteiger partial charge in [0.2, 0.25) is 0 Å². The van der Waals surface area contributed by atoms with Gasteiger partial charge >= 0.3 is 8.80 Å². The van der Waals surface area contributed by atoms with Crippen molar-refractivity contribution in [3.8, 4) is 0 Å². The standard InChI is InChI=1S/C15H30O5Si/c1-5-11-18-21(15(17)8-4,19-12-6-2)20-13-9-10-14(16)7-3/h7,15,17H,3,5-6,8-13H2,1-2,4H3. The van der Waals surface area contributed by atoms with Crippen LogP contribution >= 0.6 is 0 Å². The molecule has 0 spiro atoms. The van der Waals surface area contributed by atoms with Crippen LogP contribution < -0.4 is 0 Å². The van der Waals surface area contributed by atoms with Crippen molar-refractivity contribution in [3.05, 3.63) is 12.7 Å². The first-order valence-corrected chi connectivity index (χ1v) is 9.61. The molecule has 0 rings (SSSR count). The molecule has 124 valence electrons. The van der Waals surface area contributed by atoms with E-state index in [1.165, 1.54) is 6.08 Å². The third-order valence-electron chi connectivity index (χ3n) is 2.91. The van der Waals surface area contributed by atoms with Gasteiger partial charge in [0.25, 0.3) is 0 Å². The number of carbonyl (C=O) groups excluding carboxylic acids is 1. The first-order valence-electron chi connectivity index (χ1n) is 7.81. The number of hydrogen-bond acceptors (Lipinski definition) is 5. The van der Waals surface area contributed by atoms with Crippen LogP contribution in [-0.4, -0.2) is 45.2 Å². The fourth-order valence-corrected chi connectivity index (χ4v) is 4.45. The Morgan fingerprint density at radius 3 is 2.10 bits per heavy atom. The van der Waals surface area contributed by atoms with Gasteiger partial charge in [-0.2, -0.15) is 0 Å². The van der Waals surface area contributed by atoms with E-state index < -0.39 is 14.5 Å². The molecule has 0 bridgehead atoms. The highest BCUT2D eigenvalue weighted by molar-refractivity contribution is 6.62. The van der Waals surface area contributed by atoms with Gasteiger partial charge in [-0.05, 0) is 31.8 Å². The molecule has 0 aromatic rings. The number of carbonyl (C=O) groups is 1. The average molecular weight is 318 g/mol. The van der Waals surface area contributed by atoms with Crippen molar-refractivity contribution >= 4 is 14.6 Å². The molecule has 0 aliphatic heterocycles. The SMILES string of the molecule is C=CC(=O)CCCO[Si](OCCC)(OCCC)C(O)CC. The Morgan fingerprint density at radius 1 is 1.14 bits per heavy atom. The van der Waals surface area contributed by atoms with Crippen molar-refractivity contribution in [2.24, 2.45) is 0 Å². The second-order valence-electron chi connectivity index (χ2n) is 4.85. The zero-order valence-corrected chi connectivity index (χ0v) is 14.6. The van der Waals surface area contributed by atoms with Crippen LogP contribution in [0.4, 0.5) is 0 Å². The molecule has 0 heterocycles. The molecule has 0 saturated carbocycles. The molecule has 1 N–H and O–H groups in total. The zero-order valence-electron chi connectivity index (χ0n) is 13.6. The van der Waals surface area contributed by atoms with Crippen LogP contribution in [-0.2, 0) is 18.1 Å². The van der Waals surface area contributed by atoms with Crippen LogP contribution in [0.3, 0.4) is 0 Å². The van der Waals surface area contributed by atoms with Crippen molar-refractivity contribution < 1.29 is 23.2 Å². The van der Waals surface area contributed by atoms with Gasteiger partial charge in [0.15, 0.2) is 5.78 Å². The van der Waals surface area contributed by atoms with Gasteiger partial charge in [0.05, 0.1) is 0 Å². The van der Waals surface area contributed by atoms with Crippen LogP contribution in [0.25, 0.3) is 0 Å². The second-order valence-corrected chi connectivity index (χ2v) is 7.59. The highest BCUT2D eigenvalue weighted by atomic mass is 28.4. The number of allylic oxidation sites excluding steroid dienone is 1. The molecule has 6 heteroatoms. The average Bonchev–Trinajstić information content (AvgIpc) is 2.52. The van der Waals surface area contributed by atoms with E-state index in [0.717, 1.165) is 12.8 Å². The summed E-state index contributed by atoms with van der Waals surface area (Å²) in [5.74, 6) is -0.00846. The van der Waals surface area contributed by atoms with E-state index in [1.54, 1.807) is 0 Å². The fraction of sp³-hybridized carbons (Fsp3) is 0.800. The lowest BCUT2D eigenvalue weighted by atomic mass is 10.2. The molecule has 1 atom stereocenters. The lowest BCUT2D eigenvalue weighted by Crippen LogP contribution is -2.56. The Labute approximate surface area is 129 Å². The fourth-order valence-electron chi connectivity index (χ4n) is 1.72. The molecule has 1 unspecified atom stereocenters. The van der Waals surface area contributed by atoms with Crippen LogP contribution in [0.15, 0.2) is 12.7 Å². The van der Waals surface area contributed by atoms with E-state index in [0.29, 0.717) is 39.1 Å². The monoisotopic (exact) mass is 318 g/mol. The van der Waals surface area contributed by atoms with Crippen LogP contribution in [0.1, 0.15) is 52.9 Å². The number of hydrogen-bond donors (Lipinski definition) is 1. The lowest BCUT2D eigenvalue weighted by Gasteiger charge is -2.32. The molecule has 0 amide bonds. The molecule has 0 fully saturated rings. The van der Waals surface area contributed by atoms with Gasteiger partial charge in [-0.15, -0.1) is 0 Å². The molecular weight excluding hydrogens is 288 g/mol. The predicted molar refractivity (Wildman–Crippen MR) is 84.9 cm³/mol. The largest absolute Gasteiger partial charge is 0.531 e. The molecule has 21 heavy (non-hydrogen) atoms. The first-order chi connectivity index (χ1) is 10.1. The highest BCUT2D eigenvalue weighted by Crippen LogP contribution is 2.19. The summed E-state index contributed by atoms with van der Waals surface area (Å²) < 4.78 is 17.5. The zero-order chi connectivity index (χ0) is 16.1. The minimum atomic E-state index is -3.10. The minimum absolute atomic E-state index is 0.00846. The summed E-state index contributed by atoms with van der Waals surface area (Å²) in [5, 5.41) is 10.3. The number of aliphatic hydroxyl groups excluding tert-OH is 1. The summed E-state index contributed by atoms with van der Waals surface area (Å²) in [6.45, 7) is 10.7.